The minimum Gasteiger partial charge on any atom is -0.246 e. The highest BCUT2D eigenvalue weighted by atomic mass is 35.5. The average Bonchev–Trinajstić information content (AvgIpc) is 2.46. The van der Waals surface area contributed by atoms with E-state index in [0.29, 0.717) is 0 Å². The monoisotopic (exact) mass is 215 g/mol. The summed E-state index contributed by atoms with van der Waals surface area (Å²) in [6.45, 7) is 0. The van der Waals surface area contributed by atoms with E-state index in [1.165, 1.54) is 30.0 Å². The van der Waals surface area contributed by atoms with Crippen LogP contribution in [0.2, 0.25) is 0 Å². The molecule has 0 unspecified atom stereocenters. The average molecular weight is 216 g/mol. The van der Waals surface area contributed by atoms with E-state index in [9.17, 15) is 0 Å². The van der Waals surface area contributed by atoms with Gasteiger partial charge in [-0.2, -0.15) is 0 Å². The molecule has 1 nitrogen and oxygen atoms in total. The molecule has 1 aliphatic rings. The minimum absolute atomic E-state index is 0.748. The van der Waals surface area contributed by atoms with Crippen molar-refractivity contribution in [2.24, 2.45) is 0 Å². The van der Waals surface area contributed by atoms with Crippen LogP contribution in [0.4, 0.5) is 0 Å². The maximum Gasteiger partial charge on any atom is 0.0928 e. The second kappa shape index (κ2) is 4.43. The molecule has 0 aromatic carbocycles. The van der Waals surface area contributed by atoms with Crippen molar-refractivity contribution in [1.82, 2.24) is 4.98 Å². The molecule has 1 aromatic rings. The van der Waals surface area contributed by atoms with Crippen LogP contribution in [0.15, 0.2) is 5.38 Å². The molecule has 3 heteroatoms. The fourth-order valence-electron chi connectivity index (χ4n) is 1.55. The van der Waals surface area contributed by atoms with Gasteiger partial charge < -0.3 is 0 Å². The smallest absolute Gasteiger partial charge is 0.0928 e. The molecule has 13 heavy (non-hydrogen) atoms. The van der Waals surface area contributed by atoms with Gasteiger partial charge >= 0.3 is 0 Å². The summed E-state index contributed by atoms with van der Waals surface area (Å²) < 4.78 is 0. The summed E-state index contributed by atoms with van der Waals surface area (Å²) in [6.07, 6.45) is 6.19. The zero-order chi connectivity index (χ0) is 9.10. The van der Waals surface area contributed by atoms with Crippen LogP contribution < -0.4 is 0 Å². The van der Waals surface area contributed by atoms with Crippen molar-refractivity contribution in [1.29, 1.82) is 0 Å². The molecule has 0 saturated heterocycles. The zero-order valence-electron chi connectivity index (χ0n) is 7.63. The van der Waals surface area contributed by atoms with E-state index >= 15 is 0 Å². The molecule has 0 aliphatic heterocycles. The first kappa shape index (κ1) is 9.47. The lowest BCUT2D eigenvalue weighted by Crippen LogP contribution is -2.08. The van der Waals surface area contributed by atoms with Crippen molar-refractivity contribution >= 4 is 22.9 Å². The summed E-state index contributed by atoms with van der Waals surface area (Å²) in [4.78, 5) is 4.63. The number of hydrogen-bond donors (Lipinski definition) is 0. The van der Waals surface area contributed by atoms with Crippen LogP contribution in [-0.4, -0.2) is 10.9 Å². The predicted molar refractivity (Wildman–Crippen MR) is 57.7 cm³/mol. The summed E-state index contributed by atoms with van der Waals surface area (Å²) in [5.41, 5.74) is 1.33. The van der Waals surface area contributed by atoms with Gasteiger partial charge in [0.2, 0.25) is 0 Å². The third-order valence-electron chi connectivity index (χ3n) is 2.62. The summed E-state index contributed by atoms with van der Waals surface area (Å²) in [7, 11) is 0. The molecule has 2 rings (SSSR count). The van der Waals surface area contributed by atoms with Gasteiger partial charge in [0.05, 0.1) is 10.7 Å². The largest absolute Gasteiger partial charge is 0.246 e. The van der Waals surface area contributed by atoms with E-state index in [0.717, 1.165) is 24.6 Å². The van der Waals surface area contributed by atoms with E-state index in [2.05, 4.69) is 10.4 Å². The second-order valence-electron chi connectivity index (χ2n) is 3.59. The Balaban J connectivity index is 1.92. The van der Waals surface area contributed by atoms with Crippen LogP contribution in [-0.2, 0) is 6.42 Å². The van der Waals surface area contributed by atoms with Crippen molar-refractivity contribution in [3.63, 3.8) is 0 Å². The van der Waals surface area contributed by atoms with Crippen LogP contribution in [0, 0.1) is 0 Å². The quantitative estimate of drug-likeness (QED) is 0.700. The number of alkyl halides is 1. The number of rotatable bonds is 4. The van der Waals surface area contributed by atoms with E-state index in [1.807, 2.05) is 0 Å². The summed E-state index contributed by atoms with van der Waals surface area (Å²) in [5, 5.41) is 3.50. The van der Waals surface area contributed by atoms with Gasteiger partial charge in [-0.05, 0) is 19.3 Å². The highest BCUT2D eigenvalue weighted by Gasteiger charge is 2.21. The lowest BCUT2D eigenvalue weighted by atomic mass is 9.83. The standard InChI is InChI=1S/C10H14ClNS/c11-6-2-5-10-12-9(7-13-10)8-3-1-4-8/h7-8H,1-6H2. The molecule has 1 saturated carbocycles. The Morgan fingerprint density at radius 2 is 2.38 bits per heavy atom. The maximum absolute atomic E-state index is 5.64. The Morgan fingerprint density at radius 1 is 1.54 bits per heavy atom. The van der Waals surface area contributed by atoms with Gasteiger partial charge in [-0.1, -0.05) is 6.42 Å². The van der Waals surface area contributed by atoms with Crippen molar-refractivity contribution < 1.29 is 0 Å². The van der Waals surface area contributed by atoms with E-state index < -0.39 is 0 Å². The molecule has 72 valence electrons. The molecule has 0 radical (unpaired) electrons. The van der Waals surface area contributed by atoms with Gasteiger partial charge in [0.1, 0.15) is 0 Å². The molecular formula is C10H14ClNS. The van der Waals surface area contributed by atoms with Gasteiger partial charge in [-0.15, -0.1) is 22.9 Å². The van der Waals surface area contributed by atoms with Crippen molar-refractivity contribution in [2.75, 3.05) is 5.88 Å². The Hall–Kier alpha value is -0.0800. The van der Waals surface area contributed by atoms with Crippen LogP contribution in [0.25, 0.3) is 0 Å². The molecule has 1 aromatic heterocycles. The van der Waals surface area contributed by atoms with Crippen LogP contribution in [0.5, 0.6) is 0 Å². The molecule has 1 fully saturated rings. The number of nitrogens with zero attached hydrogens (tertiary/aromatic N) is 1. The predicted octanol–water partition coefficient (Wildman–Crippen LogP) is 3.58. The highest BCUT2D eigenvalue weighted by Crippen LogP contribution is 2.36. The van der Waals surface area contributed by atoms with Crippen molar-refractivity contribution in [2.45, 2.75) is 38.0 Å². The second-order valence-corrected chi connectivity index (χ2v) is 4.91. The third kappa shape index (κ3) is 2.23. The Kier molecular flexibility index (Phi) is 3.23. The normalized spacial score (nSPS) is 17.3. The fourth-order valence-corrected chi connectivity index (χ4v) is 2.61. The number of thiazole rings is 1. The Morgan fingerprint density at radius 3 is 3.00 bits per heavy atom. The van der Waals surface area contributed by atoms with Crippen molar-refractivity contribution in [3.05, 3.63) is 16.1 Å². The molecular weight excluding hydrogens is 202 g/mol. The van der Waals surface area contributed by atoms with E-state index in [1.54, 1.807) is 11.3 Å². The van der Waals surface area contributed by atoms with Crippen LogP contribution in [0.3, 0.4) is 0 Å². The third-order valence-corrected chi connectivity index (χ3v) is 3.81. The number of hydrogen-bond acceptors (Lipinski definition) is 2. The molecule has 0 bridgehead atoms. The molecule has 1 aliphatic carbocycles. The van der Waals surface area contributed by atoms with E-state index in [4.69, 9.17) is 11.6 Å². The zero-order valence-corrected chi connectivity index (χ0v) is 9.20. The summed E-state index contributed by atoms with van der Waals surface area (Å²) in [5.74, 6) is 1.53. The molecule has 0 spiro atoms. The van der Waals surface area contributed by atoms with Gasteiger partial charge in [0, 0.05) is 23.6 Å². The molecule has 0 atom stereocenters. The fraction of sp³-hybridized carbons (Fsp3) is 0.700. The first-order valence-corrected chi connectivity index (χ1v) is 6.32. The summed E-state index contributed by atoms with van der Waals surface area (Å²) in [6, 6.07) is 0. The number of aromatic nitrogens is 1. The highest BCUT2D eigenvalue weighted by molar-refractivity contribution is 7.09. The van der Waals surface area contributed by atoms with Gasteiger partial charge in [-0.25, -0.2) is 4.98 Å². The SMILES string of the molecule is ClCCCc1nc(C2CCC2)cs1. The summed E-state index contributed by atoms with van der Waals surface area (Å²) >= 11 is 7.43. The van der Waals surface area contributed by atoms with E-state index in [-0.39, 0.29) is 0 Å². The Bertz CT molecular complexity index is 268. The minimum atomic E-state index is 0.748. The Labute approximate surface area is 88.1 Å². The number of halogens is 1. The lowest BCUT2D eigenvalue weighted by Gasteiger charge is -2.22. The van der Waals surface area contributed by atoms with Gasteiger partial charge in [0.15, 0.2) is 0 Å². The van der Waals surface area contributed by atoms with Gasteiger partial charge in [-0.3, -0.25) is 0 Å². The molecule has 1 heterocycles. The first-order chi connectivity index (χ1) is 6.40. The van der Waals surface area contributed by atoms with Crippen LogP contribution >= 0.6 is 22.9 Å². The lowest BCUT2D eigenvalue weighted by molar-refractivity contribution is 0.412. The number of aryl methyl sites for hydroxylation is 1. The van der Waals surface area contributed by atoms with Gasteiger partial charge in [0.25, 0.3) is 0 Å². The first-order valence-electron chi connectivity index (χ1n) is 4.90. The molecule has 0 N–H and O–H groups in total. The molecule has 0 amide bonds. The topological polar surface area (TPSA) is 12.9 Å². The maximum atomic E-state index is 5.64. The van der Waals surface area contributed by atoms with Crippen molar-refractivity contribution in [3.8, 4) is 0 Å². The van der Waals surface area contributed by atoms with Crippen LogP contribution in [0.1, 0.15) is 42.3 Å².